The van der Waals surface area contributed by atoms with Crippen LogP contribution in [0.1, 0.15) is 51.5 Å². The number of aromatic nitrogens is 2. The van der Waals surface area contributed by atoms with Crippen LogP contribution >= 0.6 is 12.2 Å². The van der Waals surface area contributed by atoms with Crippen LogP contribution in [0.5, 0.6) is 0 Å². The van der Waals surface area contributed by atoms with Gasteiger partial charge < -0.3 is 24.8 Å². The summed E-state index contributed by atoms with van der Waals surface area (Å²) in [7, 11) is 1.37. The summed E-state index contributed by atoms with van der Waals surface area (Å²) in [6.45, 7) is 4.34. The van der Waals surface area contributed by atoms with Crippen LogP contribution in [0.3, 0.4) is 0 Å². The minimum Gasteiger partial charge on any atom is -0.465 e. The number of nitrogens with one attached hydrogen (secondary N) is 2. The molecule has 1 fully saturated rings. The van der Waals surface area contributed by atoms with E-state index in [1.807, 2.05) is 53.6 Å². The lowest BCUT2D eigenvalue weighted by Gasteiger charge is -2.28. The molecule has 10 heteroatoms. The summed E-state index contributed by atoms with van der Waals surface area (Å²) in [4.78, 5) is 32.0. The molecule has 41 heavy (non-hydrogen) atoms. The highest BCUT2D eigenvalue weighted by Crippen LogP contribution is 2.41. The fourth-order valence-electron chi connectivity index (χ4n) is 5.37. The summed E-state index contributed by atoms with van der Waals surface area (Å²) in [5, 5.41) is 6.75. The van der Waals surface area contributed by atoms with E-state index in [-0.39, 0.29) is 30.2 Å². The van der Waals surface area contributed by atoms with E-state index in [1.54, 1.807) is 18.3 Å². The van der Waals surface area contributed by atoms with Crippen LogP contribution in [0, 0.1) is 19.7 Å². The minimum atomic E-state index is -0.418. The van der Waals surface area contributed by atoms with Crippen molar-refractivity contribution in [2.24, 2.45) is 0 Å². The third kappa shape index (κ3) is 5.69. The van der Waals surface area contributed by atoms with Gasteiger partial charge in [0.15, 0.2) is 5.11 Å². The van der Waals surface area contributed by atoms with Crippen molar-refractivity contribution in [3.8, 4) is 5.69 Å². The van der Waals surface area contributed by atoms with Crippen molar-refractivity contribution in [3.63, 3.8) is 0 Å². The first-order valence-electron chi connectivity index (χ1n) is 13.2. The van der Waals surface area contributed by atoms with Crippen LogP contribution in [0.25, 0.3) is 5.69 Å². The number of anilines is 1. The second kappa shape index (κ2) is 11.9. The molecule has 3 heterocycles. The van der Waals surface area contributed by atoms with Crippen molar-refractivity contribution >= 4 is 34.9 Å². The molecule has 2 aromatic heterocycles. The number of thiocarbonyl (C=S) groups is 1. The Kier molecular flexibility index (Phi) is 8.11. The number of hydrogen-bond donors (Lipinski definition) is 2. The molecule has 2 N–H and O–H groups in total. The van der Waals surface area contributed by atoms with E-state index in [0.29, 0.717) is 28.6 Å². The Hall–Kier alpha value is -4.57. The normalized spacial score (nSPS) is 16.4. The highest BCUT2D eigenvalue weighted by molar-refractivity contribution is 7.80. The first-order chi connectivity index (χ1) is 19.8. The molecule has 0 spiro atoms. The summed E-state index contributed by atoms with van der Waals surface area (Å²) >= 11 is 5.78. The van der Waals surface area contributed by atoms with Crippen LogP contribution < -0.4 is 10.6 Å². The number of carbonyl (C=O) groups excluding carboxylic acids is 2. The number of rotatable bonds is 8. The van der Waals surface area contributed by atoms with Crippen molar-refractivity contribution in [2.45, 2.75) is 32.4 Å². The number of nitrogens with zero attached hydrogens (tertiary/aromatic N) is 3. The molecule has 2 aromatic carbocycles. The molecule has 0 bridgehead atoms. The first kappa shape index (κ1) is 28.0. The topological polar surface area (TPSA) is 88.5 Å². The number of benzene rings is 2. The Morgan fingerprint density at radius 2 is 1.80 bits per heavy atom. The number of para-hydroxylation sites is 1. The van der Waals surface area contributed by atoms with Gasteiger partial charge >= 0.3 is 5.97 Å². The Balaban J connectivity index is 1.50. The lowest BCUT2D eigenvalue weighted by molar-refractivity contribution is -0.116. The van der Waals surface area contributed by atoms with Crippen molar-refractivity contribution in [1.82, 2.24) is 19.8 Å². The van der Waals surface area contributed by atoms with Gasteiger partial charge in [0.05, 0.1) is 36.1 Å². The number of carbonyl (C=O) groups is 2. The molecule has 8 nitrogen and oxygen atoms in total. The number of methoxy groups -OCH3 is 1. The van der Waals surface area contributed by atoms with Gasteiger partial charge in [0, 0.05) is 36.2 Å². The quantitative estimate of drug-likeness (QED) is 0.216. The lowest BCUT2D eigenvalue weighted by atomic mass is 9.96. The second-order valence-corrected chi connectivity index (χ2v) is 10.2. The average molecular weight is 572 g/mol. The predicted octanol–water partition coefficient (Wildman–Crippen LogP) is 5.42. The van der Waals surface area contributed by atoms with Crippen LogP contribution in [-0.4, -0.2) is 45.1 Å². The van der Waals surface area contributed by atoms with Crippen LogP contribution in [0.4, 0.5) is 10.1 Å². The van der Waals surface area contributed by atoms with E-state index in [1.165, 1.54) is 31.4 Å². The number of amides is 1. The SMILES string of the molecule is COC(=O)c1ccccc1-n1c(C)cc([C@@H]2[C@H](c3ccccn3)NC(=S)N2CCC(=O)Nc2ccc(F)cc2)c1C. The van der Waals surface area contributed by atoms with Crippen molar-refractivity contribution < 1.29 is 18.7 Å². The van der Waals surface area contributed by atoms with E-state index in [2.05, 4.69) is 21.7 Å². The van der Waals surface area contributed by atoms with Gasteiger partial charge in [-0.25, -0.2) is 9.18 Å². The van der Waals surface area contributed by atoms with Crippen molar-refractivity contribution in [1.29, 1.82) is 0 Å². The largest absolute Gasteiger partial charge is 0.465 e. The maximum atomic E-state index is 13.3. The zero-order chi connectivity index (χ0) is 29.1. The van der Waals surface area contributed by atoms with Crippen molar-refractivity contribution in [3.05, 3.63) is 113 Å². The zero-order valence-corrected chi connectivity index (χ0v) is 23.7. The molecular formula is C31H30FN5O3S. The predicted molar refractivity (Wildman–Crippen MR) is 158 cm³/mol. The van der Waals surface area contributed by atoms with Gasteiger partial charge in [-0.3, -0.25) is 9.78 Å². The minimum absolute atomic E-state index is 0.161. The van der Waals surface area contributed by atoms with E-state index in [4.69, 9.17) is 17.0 Å². The van der Waals surface area contributed by atoms with Gasteiger partial charge in [-0.15, -0.1) is 0 Å². The Bertz CT molecular complexity index is 1590. The average Bonchev–Trinajstić information content (AvgIpc) is 3.47. The summed E-state index contributed by atoms with van der Waals surface area (Å²) < 4.78 is 20.4. The number of esters is 1. The Morgan fingerprint density at radius 3 is 2.51 bits per heavy atom. The van der Waals surface area contributed by atoms with E-state index in [9.17, 15) is 14.0 Å². The molecule has 0 saturated carbocycles. The summed E-state index contributed by atoms with van der Waals surface area (Å²) in [5.41, 5.74) is 5.36. The number of ether oxygens (including phenoxy) is 1. The summed E-state index contributed by atoms with van der Waals surface area (Å²) in [6, 6.07) is 20.3. The highest BCUT2D eigenvalue weighted by atomic mass is 32.1. The van der Waals surface area contributed by atoms with Gasteiger partial charge in [0.25, 0.3) is 0 Å². The fraction of sp³-hybridized carbons (Fsp3) is 0.226. The third-order valence-corrected chi connectivity index (χ3v) is 7.60. The molecule has 0 radical (unpaired) electrons. The number of halogens is 1. The Labute approximate surface area is 243 Å². The van der Waals surface area contributed by atoms with Crippen molar-refractivity contribution in [2.75, 3.05) is 19.0 Å². The van der Waals surface area contributed by atoms with Gasteiger partial charge in [0.1, 0.15) is 5.82 Å². The van der Waals surface area contributed by atoms with Crippen LogP contribution in [-0.2, 0) is 9.53 Å². The van der Waals surface area contributed by atoms with E-state index >= 15 is 0 Å². The molecule has 0 unspecified atom stereocenters. The number of hydrogen-bond acceptors (Lipinski definition) is 5. The lowest BCUT2D eigenvalue weighted by Crippen LogP contribution is -2.32. The monoisotopic (exact) mass is 571 g/mol. The molecule has 4 aromatic rings. The Morgan fingerprint density at radius 1 is 1.07 bits per heavy atom. The van der Waals surface area contributed by atoms with Gasteiger partial charge in [-0.2, -0.15) is 0 Å². The van der Waals surface area contributed by atoms with Gasteiger partial charge in [-0.1, -0.05) is 18.2 Å². The smallest absolute Gasteiger partial charge is 0.339 e. The zero-order valence-electron chi connectivity index (χ0n) is 22.9. The molecular weight excluding hydrogens is 541 g/mol. The summed E-state index contributed by atoms with van der Waals surface area (Å²) in [6.07, 6.45) is 1.90. The molecule has 1 aliphatic rings. The fourth-order valence-corrected chi connectivity index (χ4v) is 5.70. The van der Waals surface area contributed by atoms with E-state index < -0.39 is 5.97 Å². The molecule has 5 rings (SSSR count). The molecule has 0 aliphatic carbocycles. The maximum absolute atomic E-state index is 13.3. The summed E-state index contributed by atoms with van der Waals surface area (Å²) in [5.74, 6) is -0.998. The highest BCUT2D eigenvalue weighted by Gasteiger charge is 2.41. The maximum Gasteiger partial charge on any atom is 0.339 e. The number of pyridine rings is 1. The van der Waals surface area contributed by atoms with Crippen LogP contribution in [0.15, 0.2) is 79.0 Å². The van der Waals surface area contributed by atoms with Gasteiger partial charge in [0.2, 0.25) is 5.91 Å². The molecule has 1 saturated heterocycles. The van der Waals surface area contributed by atoms with Crippen LogP contribution in [0.2, 0.25) is 0 Å². The molecule has 2 atom stereocenters. The second-order valence-electron chi connectivity index (χ2n) is 9.80. The third-order valence-electron chi connectivity index (χ3n) is 7.24. The molecule has 1 amide bonds. The van der Waals surface area contributed by atoms with Gasteiger partial charge in [-0.05, 0) is 86.2 Å². The number of aryl methyl sites for hydroxylation is 1. The van der Waals surface area contributed by atoms with E-state index in [0.717, 1.165) is 22.6 Å². The standard InChI is InChI=1S/C31H30FN5O3S/c1-19-18-24(20(2)37(19)26-10-5-4-8-23(26)30(39)40-3)29-28(25-9-6-7-16-33-25)35-31(41)36(29)17-15-27(38)34-22-13-11-21(32)12-14-22/h4-14,16,18,28-29H,15,17H2,1-3H3,(H,34,38)(H,35,41)/t28-,29+/m0/s1. The molecule has 210 valence electrons. The molecule has 1 aliphatic heterocycles. The first-order valence-corrected chi connectivity index (χ1v) is 13.6.